The van der Waals surface area contributed by atoms with E-state index in [4.69, 9.17) is 15.6 Å². The molecule has 0 saturated carbocycles. The Balaban J connectivity index is 2.15. The second-order valence-electron chi connectivity index (χ2n) is 4.42. The van der Waals surface area contributed by atoms with Crippen LogP contribution in [-0.2, 0) is 9.53 Å². The summed E-state index contributed by atoms with van der Waals surface area (Å²) in [5.74, 6) is 0.235. The zero-order valence-corrected chi connectivity index (χ0v) is 10.4. The minimum absolute atomic E-state index is 0.0677. The molecule has 0 atom stereocenters. The number of carbonyl (C=O) groups is 1. The second-order valence-corrected chi connectivity index (χ2v) is 4.42. The maximum Gasteiger partial charge on any atom is 0.222 e. The van der Waals surface area contributed by atoms with Crippen LogP contribution in [0.3, 0.4) is 0 Å². The summed E-state index contributed by atoms with van der Waals surface area (Å²) in [6.45, 7) is 2.67. The van der Waals surface area contributed by atoms with E-state index in [2.05, 4.69) is 0 Å². The van der Waals surface area contributed by atoms with E-state index in [0.717, 1.165) is 38.8 Å². The largest absolute Gasteiger partial charge is 0.394 e. The molecular weight excluding hydrogens is 220 g/mol. The molecule has 5 heteroatoms. The number of aliphatic hydroxyl groups is 1. The van der Waals surface area contributed by atoms with Gasteiger partial charge in [-0.2, -0.15) is 0 Å². The fourth-order valence-electron chi connectivity index (χ4n) is 2.07. The Hall–Kier alpha value is -0.650. The van der Waals surface area contributed by atoms with Crippen molar-refractivity contribution in [2.24, 2.45) is 5.73 Å². The van der Waals surface area contributed by atoms with Gasteiger partial charge in [-0.25, -0.2) is 0 Å². The van der Waals surface area contributed by atoms with Crippen molar-refractivity contribution in [1.82, 2.24) is 4.90 Å². The van der Waals surface area contributed by atoms with Gasteiger partial charge in [0.2, 0.25) is 5.91 Å². The van der Waals surface area contributed by atoms with Crippen LogP contribution in [0.25, 0.3) is 0 Å². The van der Waals surface area contributed by atoms with Gasteiger partial charge in [-0.15, -0.1) is 0 Å². The number of aliphatic hydroxyl groups excluding tert-OH is 1. The highest BCUT2D eigenvalue weighted by Gasteiger charge is 2.22. The van der Waals surface area contributed by atoms with Crippen molar-refractivity contribution >= 4 is 5.91 Å². The smallest absolute Gasteiger partial charge is 0.222 e. The number of carbonyl (C=O) groups excluding carboxylic acids is 1. The normalized spacial score (nSPS) is 17.4. The summed E-state index contributed by atoms with van der Waals surface area (Å²) in [5.41, 5.74) is 5.40. The van der Waals surface area contributed by atoms with Crippen LogP contribution >= 0.6 is 0 Å². The third kappa shape index (κ3) is 5.48. The topological polar surface area (TPSA) is 75.8 Å². The molecule has 17 heavy (non-hydrogen) atoms. The average molecular weight is 244 g/mol. The second kappa shape index (κ2) is 8.44. The summed E-state index contributed by atoms with van der Waals surface area (Å²) < 4.78 is 5.45. The molecule has 1 saturated heterocycles. The third-order valence-corrected chi connectivity index (χ3v) is 3.08. The average Bonchev–Trinajstić information content (AvgIpc) is 2.37. The summed E-state index contributed by atoms with van der Waals surface area (Å²) >= 11 is 0. The first-order valence-electron chi connectivity index (χ1n) is 6.48. The molecule has 3 N–H and O–H groups in total. The number of nitrogens with zero attached hydrogens (tertiary/aromatic N) is 1. The zero-order chi connectivity index (χ0) is 12.5. The van der Waals surface area contributed by atoms with Crippen LogP contribution in [-0.4, -0.2) is 54.9 Å². The molecule has 0 aromatic heterocycles. The summed E-state index contributed by atoms with van der Waals surface area (Å²) in [6.07, 6.45) is 4.37. The van der Waals surface area contributed by atoms with Crippen molar-refractivity contribution in [2.45, 2.75) is 38.2 Å². The maximum absolute atomic E-state index is 11.8. The number of hydrogen-bond acceptors (Lipinski definition) is 4. The SMILES string of the molecule is NCCCCC(=O)N1CCC(OCCO)CC1. The summed E-state index contributed by atoms with van der Waals surface area (Å²) in [6, 6.07) is 0. The molecule has 0 radical (unpaired) electrons. The highest BCUT2D eigenvalue weighted by molar-refractivity contribution is 5.76. The number of likely N-dealkylation sites (tertiary alicyclic amines) is 1. The molecule has 1 amide bonds. The maximum atomic E-state index is 11.8. The summed E-state index contributed by atoms with van der Waals surface area (Å²) in [7, 11) is 0. The summed E-state index contributed by atoms with van der Waals surface area (Å²) in [4.78, 5) is 13.7. The Bertz CT molecular complexity index is 216. The van der Waals surface area contributed by atoms with Crippen LogP contribution in [0.4, 0.5) is 0 Å². The van der Waals surface area contributed by atoms with Gasteiger partial charge in [-0.05, 0) is 32.2 Å². The van der Waals surface area contributed by atoms with Crippen LogP contribution in [0.15, 0.2) is 0 Å². The van der Waals surface area contributed by atoms with Gasteiger partial charge in [-0.3, -0.25) is 4.79 Å². The van der Waals surface area contributed by atoms with E-state index >= 15 is 0 Å². The number of nitrogens with two attached hydrogens (primary N) is 1. The van der Waals surface area contributed by atoms with Crippen molar-refractivity contribution in [2.75, 3.05) is 32.8 Å². The minimum Gasteiger partial charge on any atom is -0.394 e. The summed E-state index contributed by atoms with van der Waals surface area (Å²) in [5, 5.41) is 8.66. The molecule has 1 aliphatic rings. The molecule has 1 heterocycles. The lowest BCUT2D eigenvalue weighted by Crippen LogP contribution is -2.41. The first-order chi connectivity index (χ1) is 8.27. The molecule has 100 valence electrons. The number of ether oxygens (including phenoxy) is 1. The third-order valence-electron chi connectivity index (χ3n) is 3.08. The van der Waals surface area contributed by atoms with Crippen LogP contribution in [0.1, 0.15) is 32.1 Å². The Morgan fingerprint density at radius 3 is 2.65 bits per heavy atom. The van der Waals surface area contributed by atoms with E-state index in [1.165, 1.54) is 0 Å². The van der Waals surface area contributed by atoms with Crippen molar-refractivity contribution in [3.8, 4) is 0 Å². The Kier molecular flexibility index (Phi) is 7.16. The standard InChI is InChI=1S/C12H24N2O3/c13-6-2-1-3-12(16)14-7-4-11(5-8-14)17-10-9-15/h11,15H,1-10,13H2. The van der Waals surface area contributed by atoms with E-state index in [-0.39, 0.29) is 18.6 Å². The number of unbranched alkanes of at least 4 members (excludes halogenated alkanes) is 1. The lowest BCUT2D eigenvalue weighted by molar-refractivity contribution is -0.134. The van der Waals surface area contributed by atoms with Gasteiger partial charge in [0.05, 0.1) is 19.3 Å². The van der Waals surface area contributed by atoms with Gasteiger partial charge in [0, 0.05) is 19.5 Å². The Labute approximate surface area is 103 Å². The molecule has 0 unspecified atom stereocenters. The van der Waals surface area contributed by atoms with Gasteiger partial charge in [-0.1, -0.05) is 0 Å². The zero-order valence-electron chi connectivity index (χ0n) is 10.4. The van der Waals surface area contributed by atoms with Crippen LogP contribution in [0, 0.1) is 0 Å². The minimum atomic E-state index is 0.0677. The molecule has 0 aromatic carbocycles. The van der Waals surface area contributed by atoms with Crippen molar-refractivity contribution in [3.63, 3.8) is 0 Å². The number of amides is 1. The monoisotopic (exact) mass is 244 g/mol. The first-order valence-corrected chi connectivity index (χ1v) is 6.48. The van der Waals surface area contributed by atoms with E-state index < -0.39 is 0 Å². The molecule has 0 aliphatic carbocycles. The molecule has 1 rings (SSSR count). The predicted molar refractivity (Wildman–Crippen MR) is 65.5 cm³/mol. The molecule has 1 aliphatic heterocycles. The van der Waals surface area contributed by atoms with Crippen LogP contribution in [0.5, 0.6) is 0 Å². The van der Waals surface area contributed by atoms with E-state index in [1.807, 2.05) is 4.90 Å². The van der Waals surface area contributed by atoms with Crippen LogP contribution < -0.4 is 5.73 Å². The number of piperidine rings is 1. The van der Waals surface area contributed by atoms with Gasteiger partial charge in [0.1, 0.15) is 0 Å². The van der Waals surface area contributed by atoms with Gasteiger partial charge >= 0.3 is 0 Å². The van der Waals surface area contributed by atoms with Gasteiger partial charge in [0.25, 0.3) is 0 Å². The molecule has 0 spiro atoms. The highest BCUT2D eigenvalue weighted by Crippen LogP contribution is 2.15. The van der Waals surface area contributed by atoms with E-state index in [0.29, 0.717) is 19.6 Å². The molecular formula is C12H24N2O3. The predicted octanol–water partition coefficient (Wildman–Crippen LogP) is 0.115. The first kappa shape index (κ1) is 14.4. The number of hydrogen-bond donors (Lipinski definition) is 2. The van der Waals surface area contributed by atoms with Crippen molar-refractivity contribution in [1.29, 1.82) is 0 Å². The Morgan fingerprint density at radius 2 is 2.06 bits per heavy atom. The Morgan fingerprint density at radius 1 is 1.35 bits per heavy atom. The van der Waals surface area contributed by atoms with Crippen molar-refractivity contribution < 1.29 is 14.6 Å². The lowest BCUT2D eigenvalue weighted by Gasteiger charge is -2.32. The molecule has 5 nitrogen and oxygen atoms in total. The van der Waals surface area contributed by atoms with E-state index in [1.54, 1.807) is 0 Å². The molecule has 0 bridgehead atoms. The van der Waals surface area contributed by atoms with E-state index in [9.17, 15) is 4.79 Å². The number of rotatable bonds is 7. The molecule has 1 fully saturated rings. The molecule has 0 aromatic rings. The van der Waals surface area contributed by atoms with Gasteiger partial charge < -0.3 is 20.5 Å². The fraction of sp³-hybridized carbons (Fsp3) is 0.917. The van der Waals surface area contributed by atoms with Crippen molar-refractivity contribution in [3.05, 3.63) is 0 Å². The quantitative estimate of drug-likeness (QED) is 0.624. The fourth-order valence-corrected chi connectivity index (χ4v) is 2.07. The lowest BCUT2D eigenvalue weighted by atomic mass is 10.1. The highest BCUT2D eigenvalue weighted by atomic mass is 16.5. The van der Waals surface area contributed by atoms with Gasteiger partial charge in [0.15, 0.2) is 0 Å². The van der Waals surface area contributed by atoms with Crippen LogP contribution in [0.2, 0.25) is 0 Å².